The SMILES string of the molecule is C=C(NCc1ccco1)c1cc(C(=C)c2c(-c3cccc(Cl)c3)coc2C)c[nH]1. The molecule has 0 unspecified atom stereocenters. The van der Waals surface area contributed by atoms with Crippen LogP contribution in [0.25, 0.3) is 22.4 Å². The van der Waals surface area contributed by atoms with Gasteiger partial charge in [0, 0.05) is 22.3 Å². The number of halogens is 1. The van der Waals surface area contributed by atoms with Crippen molar-refractivity contribution in [2.45, 2.75) is 13.5 Å². The van der Waals surface area contributed by atoms with Crippen molar-refractivity contribution >= 4 is 22.9 Å². The van der Waals surface area contributed by atoms with Gasteiger partial charge in [0.05, 0.1) is 30.5 Å². The van der Waals surface area contributed by atoms with Crippen LogP contribution in [0, 0.1) is 6.92 Å². The van der Waals surface area contributed by atoms with Gasteiger partial charge in [0.1, 0.15) is 11.5 Å². The maximum atomic E-state index is 6.17. The summed E-state index contributed by atoms with van der Waals surface area (Å²) in [4.78, 5) is 3.26. The smallest absolute Gasteiger partial charge is 0.122 e. The van der Waals surface area contributed by atoms with E-state index in [1.807, 2.05) is 55.6 Å². The van der Waals surface area contributed by atoms with Crippen molar-refractivity contribution < 1.29 is 8.83 Å². The summed E-state index contributed by atoms with van der Waals surface area (Å²) in [6.45, 7) is 10.9. The second-order valence-electron chi connectivity index (χ2n) is 6.78. The van der Waals surface area contributed by atoms with Crippen LogP contribution in [0.1, 0.15) is 28.3 Å². The molecular weight excluding hydrogens is 384 g/mol. The van der Waals surface area contributed by atoms with Crippen LogP contribution in [0.15, 0.2) is 83.2 Å². The molecule has 146 valence electrons. The molecule has 2 N–H and O–H groups in total. The second kappa shape index (κ2) is 7.94. The van der Waals surface area contributed by atoms with Gasteiger partial charge in [0.15, 0.2) is 0 Å². The highest BCUT2D eigenvalue weighted by Crippen LogP contribution is 2.36. The Kier molecular flexibility index (Phi) is 5.19. The Labute approximate surface area is 174 Å². The van der Waals surface area contributed by atoms with E-state index in [2.05, 4.69) is 23.5 Å². The summed E-state index contributed by atoms with van der Waals surface area (Å²) in [5.74, 6) is 1.66. The van der Waals surface area contributed by atoms with Gasteiger partial charge in [-0.1, -0.05) is 36.9 Å². The zero-order valence-electron chi connectivity index (χ0n) is 16.1. The lowest BCUT2D eigenvalue weighted by Crippen LogP contribution is -2.10. The molecule has 4 nitrogen and oxygen atoms in total. The van der Waals surface area contributed by atoms with Gasteiger partial charge in [-0.2, -0.15) is 0 Å². The zero-order chi connectivity index (χ0) is 20.4. The lowest BCUT2D eigenvalue weighted by molar-refractivity contribution is 0.501. The van der Waals surface area contributed by atoms with E-state index in [9.17, 15) is 0 Å². The topological polar surface area (TPSA) is 54.1 Å². The van der Waals surface area contributed by atoms with Gasteiger partial charge in [-0.25, -0.2) is 0 Å². The van der Waals surface area contributed by atoms with Crippen LogP contribution in [0.3, 0.4) is 0 Å². The standard InChI is InChI=1S/C24H21ClN2O2/c1-15(24-17(3)29-14-22(24)18-6-4-7-20(25)10-18)19-11-23(27-12-19)16(2)26-13-21-8-5-9-28-21/h4-12,14,26-27H,1-2,13H2,3H3. The number of rotatable bonds is 7. The van der Waals surface area contributed by atoms with Crippen LogP contribution in [-0.2, 0) is 6.54 Å². The maximum Gasteiger partial charge on any atom is 0.122 e. The van der Waals surface area contributed by atoms with Gasteiger partial charge >= 0.3 is 0 Å². The van der Waals surface area contributed by atoms with Crippen molar-refractivity contribution in [1.82, 2.24) is 10.3 Å². The van der Waals surface area contributed by atoms with Gasteiger partial charge in [-0.3, -0.25) is 0 Å². The number of benzene rings is 1. The molecular formula is C24H21ClN2O2. The summed E-state index contributed by atoms with van der Waals surface area (Å²) in [6.07, 6.45) is 5.33. The molecule has 0 atom stereocenters. The maximum absolute atomic E-state index is 6.17. The van der Waals surface area contributed by atoms with Crippen LogP contribution in [0.4, 0.5) is 0 Å². The van der Waals surface area contributed by atoms with Crippen LogP contribution in [-0.4, -0.2) is 4.98 Å². The van der Waals surface area contributed by atoms with E-state index in [1.54, 1.807) is 12.5 Å². The summed E-state index contributed by atoms with van der Waals surface area (Å²) in [7, 11) is 0. The number of furan rings is 2. The molecule has 0 spiro atoms. The molecule has 4 rings (SSSR count). The van der Waals surface area contributed by atoms with E-state index in [0.29, 0.717) is 11.6 Å². The van der Waals surface area contributed by atoms with Gasteiger partial charge in [-0.15, -0.1) is 0 Å². The average molecular weight is 405 g/mol. The summed E-state index contributed by atoms with van der Waals surface area (Å²) in [5.41, 5.74) is 6.42. The van der Waals surface area contributed by atoms with E-state index < -0.39 is 0 Å². The Morgan fingerprint density at radius 1 is 1.14 bits per heavy atom. The third kappa shape index (κ3) is 3.93. The summed E-state index contributed by atoms with van der Waals surface area (Å²) < 4.78 is 11.1. The molecule has 0 saturated heterocycles. The highest BCUT2D eigenvalue weighted by Gasteiger charge is 2.18. The first-order valence-corrected chi connectivity index (χ1v) is 9.58. The van der Waals surface area contributed by atoms with E-state index in [0.717, 1.165) is 50.7 Å². The molecule has 0 aliphatic rings. The van der Waals surface area contributed by atoms with E-state index in [-0.39, 0.29) is 0 Å². The number of aromatic nitrogens is 1. The number of hydrogen-bond acceptors (Lipinski definition) is 3. The molecule has 0 saturated carbocycles. The normalized spacial score (nSPS) is 10.8. The third-order valence-corrected chi connectivity index (χ3v) is 5.06. The molecule has 3 heterocycles. The fourth-order valence-corrected chi connectivity index (χ4v) is 3.48. The number of nitrogens with one attached hydrogen (secondary N) is 2. The third-order valence-electron chi connectivity index (χ3n) is 4.83. The molecule has 0 fully saturated rings. The molecule has 5 heteroatoms. The van der Waals surface area contributed by atoms with Crippen molar-refractivity contribution in [1.29, 1.82) is 0 Å². The molecule has 3 aromatic heterocycles. The number of H-pyrrole nitrogens is 1. The fourth-order valence-electron chi connectivity index (χ4n) is 3.29. The van der Waals surface area contributed by atoms with Crippen LogP contribution < -0.4 is 5.32 Å². The summed E-state index contributed by atoms with van der Waals surface area (Å²) >= 11 is 6.17. The molecule has 0 radical (unpaired) electrons. The molecule has 0 aliphatic heterocycles. The van der Waals surface area contributed by atoms with Gasteiger partial charge < -0.3 is 19.1 Å². The quantitative estimate of drug-likeness (QED) is 0.362. The second-order valence-corrected chi connectivity index (χ2v) is 7.22. The largest absolute Gasteiger partial charge is 0.468 e. The Bertz CT molecular complexity index is 1170. The predicted octanol–water partition coefficient (Wildman–Crippen LogP) is 6.65. The minimum Gasteiger partial charge on any atom is -0.468 e. The van der Waals surface area contributed by atoms with Crippen LogP contribution in [0.2, 0.25) is 5.02 Å². The molecule has 29 heavy (non-hydrogen) atoms. The lowest BCUT2D eigenvalue weighted by Gasteiger charge is -2.08. The minimum absolute atomic E-state index is 0.570. The van der Waals surface area contributed by atoms with Crippen molar-refractivity contribution in [2.75, 3.05) is 0 Å². The predicted molar refractivity (Wildman–Crippen MR) is 117 cm³/mol. The van der Waals surface area contributed by atoms with Crippen LogP contribution >= 0.6 is 11.6 Å². The number of aromatic amines is 1. The van der Waals surface area contributed by atoms with Gasteiger partial charge in [0.2, 0.25) is 0 Å². The first kappa shape index (κ1) is 19.0. The van der Waals surface area contributed by atoms with E-state index >= 15 is 0 Å². The highest BCUT2D eigenvalue weighted by atomic mass is 35.5. The lowest BCUT2D eigenvalue weighted by atomic mass is 9.94. The Hall–Kier alpha value is -3.37. The number of aryl methyl sites for hydroxylation is 1. The summed E-state index contributed by atoms with van der Waals surface area (Å²) in [6, 6.07) is 13.5. The molecule has 0 amide bonds. The van der Waals surface area contributed by atoms with Crippen molar-refractivity contribution in [3.05, 3.63) is 108 Å². The zero-order valence-corrected chi connectivity index (χ0v) is 16.8. The van der Waals surface area contributed by atoms with E-state index in [4.69, 9.17) is 20.4 Å². The molecule has 0 aliphatic carbocycles. The monoisotopic (exact) mass is 404 g/mol. The van der Waals surface area contributed by atoms with Crippen molar-refractivity contribution in [2.24, 2.45) is 0 Å². The Morgan fingerprint density at radius 2 is 2.00 bits per heavy atom. The van der Waals surface area contributed by atoms with E-state index in [1.165, 1.54) is 0 Å². The first-order valence-electron chi connectivity index (χ1n) is 9.20. The molecule has 4 aromatic rings. The molecule has 0 bridgehead atoms. The van der Waals surface area contributed by atoms with Crippen molar-refractivity contribution in [3.63, 3.8) is 0 Å². The van der Waals surface area contributed by atoms with Crippen molar-refractivity contribution in [3.8, 4) is 11.1 Å². The highest BCUT2D eigenvalue weighted by molar-refractivity contribution is 6.30. The van der Waals surface area contributed by atoms with Gasteiger partial charge in [0.25, 0.3) is 0 Å². The fraction of sp³-hybridized carbons (Fsp3) is 0.0833. The minimum atomic E-state index is 0.570. The first-order chi connectivity index (χ1) is 14.0. The Balaban J connectivity index is 1.57. The number of hydrogen-bond donors (Lipinski definition) is 2. The van der Waals surface area contributed by atoms with Gasteiger partial charge in [-0.05, 0) is 54.0 Å². The summed E-state index contributed by atoms with van der Waals surface area (Å²) in [5, 5.41) is 3.94. The van der Waals surface area contributed by atoms with Crippen LogP contribution in [0.5, 0.6) is 0 Å². The molecule has 1 aromatic carbocycles. The average Bonchev–Trinajstić information content (AvgIpc) is 3.46. The Morgan fingerprint density at radius 3 is 2.76 bits per heavy atom.